The van der Waals surface area contributed by atoms with Crippen molar-refractivity contribution in [2.24, 2.45) is 11.7 Å². The molecule has 5 fully saturated rings. The second-order valence-electron chi connectivity index (χ2n) is 17.7. The Bertz CT molecular complexity index is 2360. The summed E-state index contributed by atoms with van der Waals surface area (Å²) >= 11 is 0. The van der Waals surface area contributed by atoms with E-state index in [-0.39, 0.29) is 41.3 Å². The van der Waals surface area contributed by atoms with E-state index >= 15 is 0 Å². The van der Waals surface area contributed by atoms with Crippen LogP contribution in [0.1, 0.15) is 90.6 Å². The average Bonchev–Trinajstić information content (AvgIpc) is 3.87. The molecular weight excluding hydrogens is 759 g/mol. The number of likely N-dealkylation sites (N-methyl/N-ethyl adjacent to an activating group) is 1. The van der Waals surface area contributed by atoms with Gasteiger partial charge in [0.05, 0.1) is 30.4 Å². The fraction of sp³-hybridized carbons (Fsp3) is 0.500. The van der Waals surface area contributed by atoms with Crippen molar-refractivity contribution in [3.63, 3.8) is 0 Å². The van der Waals surface area contributed by atoms with Crippen molar-refractivity contribution in [3.8, 4) is 0 Å². The Kier molecular flexibility index (Phi) is 11.1. The fourth-order valence-corrected chi connectivity index (χ4v) is 10.3. The molecule has 0 spiro atoms. The molecule has 2 aromatic carbocycles. The second-order valence-corrected chi connectivity index (χ2v) is 17.7. The number of rotatable bonds is 10. The maximum absolute atomic E-state index is 13.4. The Morgan fingerprint density at radius 3 is 2.42 bits per heavy atom. The number of nitrogens with zero attached hydrogens (tertiary/aromatic N) is 8. The van der Waals surface area contributed by atoms with Gasteiger partial charge in [-0.2, -0.15) is 0 Å². The Balaban J connectivity index is 0.774. The summed E-state index contributed by atoms with van der Waals surface area (Å²) in [4.78, 5) is 83.1. The van der Waals surface area contributed by atoms with Gasteiger partial charge in [-0.05, 0) is 104 Å². The number of urea groups is 1. The molecule has 1 saturated carbocycles. The smallest absolute Gasteiger partial charge is 0.320 e. The molecule has 0 bridgehead atoms. The number of fused-ring (bicyclic) bond motifs is 1. The molecule has 6 heterocycles. The maximum atomic E-state index is 13.4. The predicted molar refractivity (Wildman–Crippen MR) is 230 cm³/mol. The predicted octanol–water partition coefficient (Wildman–Crippen LogP) is 4.39. The number of carbonyl (C=O) groups is 4. The minimum atomic E-state index is -0.586. The van der Waals surface area contributed by atoms with E-state index in [0.29, 0.717) is 54.5 Å². The summed E-state index contributed by atoms with van der Waals surface area (Å²) < 4.78 is 1.52. The van der Waals surface area contributed by atoms with Gasteiger partial charge in [-0.15, -0.1) is 0 Å². The maximum Gasteiger partial charge on any atom is 0.320 e. The van der Waals surface area contributed by atoms with Crippen LogP contribution in [0.25, 0.3) is 10.8 Å². The normalized spacial score (nSPS) is 23.4. The van der Waals surface area contributed by atoms with Gasteiger partial charge < -0.3 is 34.8 Å². The lowest BCUT2D eigenvalue weighted by atomic mass is 9.88. The highest BCUT2D eigenvalue weighted by molar-refractivity contribution is 6.03. The molecule has 14 nitrogen and oxygen atoms in total. The summed E-state index contributed by atoms with van der Waals surface area (Å²) in [6.07, 6.45) is 9.71. The van der Waals surface area contributed by atoms with Gasteiger partial charge in [0.2, 0.25) is 0 Å². The number of pyridine rings is 1. The van der Waals surface area contributed by atoms with Crippen LogP contribution in [0.3, 0.4) is 0 Å². The second kappa shape index (κ2) is 16.8. The number of hydrogen-bond donors (Lipinski definition) is 1. The van der Waals surface area contributed by atoms with E-state index in [4.69, 9.17) is 10.7 Å². The number of piperidine rings is 2. The van der Waals surface area contributed by atoms with Crippen LogP contribution in [0.2, 0.25) is 0 Å². The van der Waals surface area contributed by atoms with Gasteiger partial charge >= 0.3 is 6.03 Å². The van der Waals surface area contributed by atoms with Crippen molar-refractivity contribution in [1.29, 1.82) is 0 Å². The number of nitrogens with two attached hydrogens (primary N) is 1. The van der Waals surface area contributed by atoms with Gasteiger partial charge in [-0.1, -0.05) is 24.3 Å². The number of benzene rings is 2. The summed E-state index contributed by atoms with van der Waals surface area (Å²) in [5.41, 5.74) is 9.88. The fourth-order valence-electron chi connectivity index (χ4n) is 10.3. The van der Waals surface area contributed by atoms with Crippen LogP contribution in [0.15, 0.2) is 65.7 Å². The standard InChI is InChI=1S/C46H55N9O5/c1-50-21-22-54(46(50)60)36-3-2-16-53(29-36)42-26-48-43(44(47)58)39(49-42)23-30-4-6-32(7-5-30)33-13-17-51(18-14-33)27-31-12-19-52(28-31)35-8-10-38-34(24-35)15-20-55(45(38)59)40-11-9-37(56)25-41(40)57/h4-8,10,15,20,24,26,31,33,36,40H,2-3,9,11-14,16-19,21-23,25,27-29H2,1H3,(H2,47,58)/t31-,36-,40?/m1/s1. The zero-order valence-electron chi connectivity index (χ0n) is 34.5. The van der Waals surface area contributed by atoms with Crippen molar-refractivity contribution < 1.29 is 19.2 Å². The first-order valence-corrected chi connectivity index (χ1v) is 21.8. The van der Waals surface area contributed by atoms with Crippen LogP contribution in [0.5, 0.6) is 0 Å². The van der Waals surface area contributed by atoms with Gasteiger partial charge in [0.1, 0.15) is 17.3 Å². The van der Waals surface area contributed by atoms with Crippen LogP contribution in [0.4, 0.5) is 16.3 Å². The quantitative estimate of drug-likeness (QED) is 0.228. The zero-order chi connectivity index (χ0) is 41.5. The molecular formula is C46H55N9O5. The molecule has 4 aliphatic heterocycles. The van der Waals surface area contributed by atoms with Gasteiger partial charge in [0, 0.05) is 83.0 Å². The highest BCUT2D eigenvalue weighted by Crippen LogP contribution is 2.32. The molecule has 5 aliphatic rings. The van der Waals surface area contributed by atoms with Crippen molar-refractivity contribution in [2.75, 3.05) is 75.8 Å². The first-order valence-electron chi connectivity index (χ1n) is 21.8. The molecule has 1 aliphatic carbocycles. The van der Waals surface area contributed by atoms with Crippen LogP contribution in [-0.4, -0.2) is 125 Å². The van der Waals surface area contributed by atoms with E-state index in [1.54, 1.807) is 17.3 Å². The summed E-state index contributed by atoms with van der Waals surface area (Å²) in [5.74, 6) is 0.976. The summed E-state index contributed by atoms with van der Waals surface area (Å²) in [5, 5.41) is 1.47. The van der Waals surface area contributed by atoms with E-state index in [1.807, 2.05) is 30.1 Å². The number of ketones is 2. The third-order valence-electron chi connectivity index (χ3n) is 13.7. The van der Waals surface area contributed by atoms with E-state index < -0.39 is 11.9 Å². The highest BCUT2D eigenvalue weighted by atomic mass is 16.2. The van der Waals surface area contributed by atoms with E-state index in [9.17, 15) is 24.0 Å². The molecule has 314 valence electrons. The van der Waals surface area contributed by atoms with Crippen molar-refractivity contribution in [2.45, 2.75) is 75.8 Å². The van der Waals surface area contributed by atoms with Gasteiger partial charge in [-0.25, -0.2) is 14.8 Å². The lowest BCUT2D eigenvalue weighted by Gasteiger charge is -2.37. The molecule has 2 N–H and O–H groups in total. The van der Waals surface area contributed by atoms with Crippen molar-refractivity contribution in [3.05, 3.63) is 93.8 Å². The van der Waals surface area contributed by atoms with Gasteiger partial charge in [0.25, 0.3) is 11.5 Å². The van der Waals surface area contributed by atoms with Crippen molar-refractivity contribution >= 4 is 45.8 Å². The molecule has 14 heteroatoms. The monoisotopic (exact) mass is 813 g/mol. The zero-order valence-corrected chi connectivity index (χ0v) is 34.5. The number of likely N-dealkylation sites (tertiary alicyclic amines) is 1. The molecule has 9 rings (SSSR count). The Morgan fingerprint density at radius 1 is 0.850 bits per heavy atom. The minimum absolute atomic E-state index is 0.0467. The molecule has 3 atom stereocenters. The van der Waals surface area contributed by atoms with E-state index in [1.165, 1.54) is 10.1 Å². The molecule has 1 unspecified atom stereocenters. The first kappa shape index (κ1) is 39.8. The molecule has 60 heavy (non-hydrogen) atoms. The number of carbonyl (C=O) groups excluding carboxylic acids is 4. The molecule has 0 radical (unpaired) electrons. The van der Waals surface area contributed by atoms with E-state index in [0.717, 1.165) is 101 Å². The summed E-state index contributed by atoms with van der Waals surface area (Å²) in [6, 6.07) is 16.3. The molecule has 4 saturated heterocycles. The highest BCUT2D eigenvalue weighted by Gasteiger charge is 2.35. The minimum Gasteiger partial charge on any atom is -0.371 e. The van der Waals surface area contributed by atoms with Crippen LogP contribution >= 0.6 is 0 Å². The first-order chi connectivity index (χ1) is 29.1. The number of primary amides is 1. The number of anilines is 2. The van der Waals surface area contributed by atoms with Gasteiger partial charge in [-0.3, -0.25) is 19.2 Å². The summed E-state index contributed by atoms with van der Waals surface area (Å²) in [7, 11) is 1.85. The van der Waals surface area contributed by atoms with Crippen LogP contribution < -0.4 is 21.1 Å². The lowest BCUT2D eigenvalue weighted by Crippen LogP contribution is -2.49. The third kappa shape index (κ3) is 8.13. The Labute approximate surface area is 350 Å². The third-order valence-corrected chi connectivity index (χ3v) is 13.7. The van der Waals surface area contributed by atoms with Crippen LogP contribution in [-0.2, 0) is 16.0 Å². The molecule has 2 aromatic heterocycles. The van der Waals surface area contributed by atoms with Gasteiger partial charge in [0.15, 0.2) is 5.78 Å². The molecule has 3 amide bonds. The molecule has 4 aromatic rings. The van der Waals surface area contributed by atoms with Crippen molar-refractivity contribution in [1.82, 2.24) is 29.2 Å². The van der Waals surface area contributed by atoms with Crippen LogP contribution in [0, 0.1) is 5.92 Å². The SMILES string of the molecule is CN1CCN([C@@H]2CCCN(c3cnc(C(N)=O)c(Cc4ccc(C5CCN(C[C@H]6CCN(c7ccc8c(=O)n(C9CCC(=O)CC9=O)ccc8c7)C6)CC5)cc4)n3)C2)C1=O. The Hall–Kier alpha value is -5.63. The number of aromatic nitrogens is 3. The Morgan fingerprint density at radius 2 is 1.67 bits per heavy atom. The largest absolute Gasteiger partial charge is 0.371 e. The number of amides is 3. The number of Topliss-reactive ketones (excluding diaryl/α,β-unsaturated/α-hetero) is 2. The average molecular weight is 814 g/mol. The lowest BCUT2D eigenvalue weighted by molar-refractivity contribution is -0.132. The topological polar surface area (TPSA) is 158 Å². The summed E-state index contributed by atoms with van der Waals surface area (Å²) in [6.45, 7) is 8.15. The van der Waals surface area contributed by atoms with E-state index in [2.05, 4.69) is 50.0 Å². The number of hydrogen-bond acceptors (Lipinski definition) is 10.